The van der Waals surface area contributed by atoms with Crippen LogP contribution in [0, 0.1) is 12.7 Å². The summed E-state index contributed by atoms with van der Waals surface area (Å²) in [7, 11) is 0. The molecule has 4 heteroatoms. The Morgan fingerprint density at radius 1 is 1.44 bits per heavy atom. The number of rotatable bonds is 6. The molecule has 1 aromatic carbocycles. The van der Waals surface area contributed by atoms with Crippen LogP contribution in [0.2, 0.25) is 0 Å². The fraction of sp³-hybridized carbons (Fsp3) is 0.500. The minimum Gasteiger partial charge on any atom is -0.355 e. The molecule has 18 heavy (non-hydrogen) atoms. The first-order valence-corrected chi connectivity index (χ1v) is 6.30. The van der Waals surface area contributed by atoms with Crippen molar-refractivity contribution in [2.75, 3.05) is 6.54 Å². The minimum absolute atomic E-state index is 0.0237. The molecule has 0 saturated heterocycles. The molecular formula is C14H21FN2O. The Morgan fingerprint density at radius 2 is 2.17 bits per heavy atom. The topological polar surface area (TPSA) is 41.1 Å². The van der Waals surface area contributed by atoms with Crippen LogP contribution in [0.15, 0.2) is 18.2 Å². The summed E-state index contributed by atoms with van der Waals surface area (Å²) < 4.78 is 13.3. The third-order valence-electron chi connectivity index (χ3n) is 2.79. The van der Waals surface area contributed by atoms with Gasteiger partial charge < -0.3 is 10.6 Å². The third-order valence-corrected chi connectivity index (χ3v) is 2.79. The fourth-order valence-corrected chi connectivity index (χ4v) is 1.51. The van der Waals surface area contributed by atoms with Crippen molar-refractivity contribution >= 4 is 5.91 Å². The van der Waals surface area contributed by atoms with Crippen molar-refractivity contribution in [1.29, 1.82) is 0 Å². The predicted molar refractivity (Wildman–Crippen MR) is 70.7 cm³/mol. The second kappa shape index (κ2) is 7.11. The van der Waals surface area contributed by atoms with Gasteiger partial charge in [0.15, 0.2) is 0 Å². The summed E-state index contributed by atoms with van der Waals surface area (Å²) in [5.74, 6) is -0.234. The Morgan fingerprint density at radius 3 is 2.78 bits per heavy atom. The van der Waals surface area contributed by atoms with E-state index in [2.05, 4.69) is 10.6 Å². The van der Waals surface area contributed by atoms with E-state index in [-0.39, 0.29) is 17.8 Å². The molecule has 0 saturated carbocycles. The van der Waals surface area contributed by atoms with Crippen molar-refractivity contribution in [2.45, 2.75) is 39.8 Å². The van der Waals surface area contributed by atoms with E-state index >= 15 is 0 Å². The molecule has 0 aliphatic heterocycles. The molecule has 3 nitrogen and oxygen atoms in total. The summed E-state index contributed by atoms with van der Waals surface area (Å²) in [5.41, 5.74) is 1.47. The number of hydrogen-bond donors (Lipinski definition) is 2. The molecule has 0 aliphatic carbocycles. The van der Waals surface area contributed by atoms with Gasteiger partial charge in [-0.2, -0.15) is 0 Å². The van der Waals surface area contributed by atoms with Crippen molar-refractivity contribution in [1.82, 2.24) is 10.6 Å². The van der Waals surface area contributed by atoms with Crippen LogP contribution in [0.4, 0.5) is 4.39 Å². The van der Waals surface area contributed by atoms with Gasteiger partial charge in [-0.15, -0.1) is 0 Å². The minimum atomic E-state index is -0.277. The highest BCUT2D eigenvalue weighted by atomic mass is 19.1. The summed E-state index contributed by atoms with van der Waals surface area (Å²) in [5, 5.41) is 5.89. The van der Waals surface area contributed by atoms with Gasteiger partial charge in [-0.25, -0.2) is 4.39 Å². The molecule has 100 valence electrons. The second-order valence-electron chi connectivity index (χ2n) is 4.48. The standard InChI is InChI=1S/C14H21FN2O/c1-4-7-16-14(18)11(3)17-9-12-6-5-10(2)13(15)8-12/h5-6,8,11,17H,4,7,9H2,1-3H3,(H,16,18). The van der Waals surface area contributed by atoms with Gasteiger partial charge in [0.25, 0.3) is 0 Å². The molecule has 2 N–H and O–H groups in total. The van der Waals surface area contributed by atoms with Gasteiger partial charge in [-0.1, -0.05) is 19.1 Å². The van der Waals surface area contributed by atoms with Crippen LogP contribution in [0.3, 0.4) is 0 Å². The molecule has 0 spiro atoms. The van der Waals surface area contributed by atoms with Gasteiger partial charge in [0.1, 0.15) is 5.82 Å². The molecular weight excluding hydrogens is 231 g/mol. The molecule has 0 bridgehead atoms. The van der Waals surface area contributed by atoms with E-state index in [1.165, 1.54) is 6.07 Å². The Balaban J connectivity index is 2.44. The maximum absolute atomic E-state index is 13.3. The molecule has 1 unspecified atom stereocenters. The lowest BCUT2D eigenvalue weighted by Gasteiger charge is -2.14. The van der Waals surface area contributed by atoms with Crippen LogP contribution in [-0.2, 0) is 11.3 Å². The quantitative estimate of drug-likeness (QED) is 0.814. The second-order valence-corrected chi connectivity index (χ2v) is 4.48. The average Bonchev–Trinajstić information content (AvgIpc) is 2.36. The lowest BCUT2D eigenvalue weighted by Crippen LogP contribution is -2.42. The van der Waals surface area contributed by atoms with E-state index in [0.29, 0.717) is 18.7 Å². The van der Waals surface area contributed by atoms with Gasteiger partial charge in [-0.05, 0) is 37.5 Å². The lowest BCUT2D eigenvalue weighted by molar-refractivity contribution is -0.122. The summed E-state index contributed by atoms with van der Waals surface area (Å²) >= 11 is 0. The zero-order chi connectivity index (χ0) is 13.5. The number of carbonyl (C=O) groups excluding carboxylic acids is 1. The van der Waals surface area contributed by atoms with E-state index in [1.807, 2.05) is 13.0 Å². The summed E-state index contributed by atoms with van der Waals surface area (Å²) in [6.45, 7) is 6.71. The van der Waals surface area contributed by atoms with Crippen LogP contribution >= 0.6 is 0 Å². The zero-order valence-electron chi connectivity index (χ0n) is 11.2. The lowest BCUT2D eigenvalue weighted by atomic mass is 10.1. The normalized spacial score (nSPS) is 12.2. The summed E-state index contributed by atoms with van der Waals surface area (Å²) in [6.07, 6.45) is 0.918. The molecule has 0 fully saturated rings. The molecule has 1 atom stereocenters. The summed E-state index contributed by atoms with van der Waals surface area (Å²) in [6, 6.07) is 4.83. The first kappa shape index (κ1) is 14.6. The number of benzene rings is 1. The van der Waals surface area contributed by atoms with Gasteiger partial charge in [0, 0.05) is 13.1 Å². The Labute approximate surface area is 108 Å². The number of aryl methyl sites for hydroxylation is 1. The van der Waals surface area contributed by atoms with Crippen molar-refractivity contribution < 1.29 is 9.18 Å². The van der Waals surface area contributed by atoms with Crippen LogP contribution in [0.5, 0.6) is 0 Å². The number of amides is 1. The van der Waals surface area contributed by atoms with Crippen LogP contribution in [-0.4, -0.2) is 18.5 Å². The fourth-order valence-electron chi connectivity index (χ4n) is 1.51. The maximum Gasteiger partial charge on any atom is 0.236 e. The van der Waals surface area contributed by atoms with E-state index in [0.717, 1.165) is 12.0 Å². The van der Waals surface area contributed by atoms with E-state index in [1.54, 1.807) is 19.9 Å². The maximum atomic E-state index is 13.3. The van der Waals surface area contributed by atoms with Crippen molar-refractivity contribution in [3.8, 4) is 0 Å². The van der Waals surface area contributed by atoms with Crippen molar-refractivity contribution in [3.63, 3.8) is 0 Å². The Kier molecular flexibility index (Phi) is 5.78. The van der Waals surface area contributed by atoms with E-state index in [4.69, 9.17) is 0 Å². The zero-order valence-corrected chi connectivity index (χ0v) is 11.2. The number of carbonyl (C=O) groups is 1. The predicted octanol–water partition coefficient (Wildman–Crippen LogP) is 2.14. The Hall–Kier alpha value is -1.42. The SMILES string of the molecule is CCCNC(=O)C(C)NCc1ccc(C)c(F)c1. The molecule has 1 aromatic rings. The highest BCUT2D eigenvalue weighted by Gasteiger charge is 2.11. The third kappa shape index (κ3) is 4.45. The number of hydrogen-bond acceptors (Lipinski definition) is 2. The van der Waals surface area contributed by atoms with Gasteiger partial charge in [0.2, 0.25) is 5.91 Å². The smallest absolute Gasteiger partial charge is 0.236 e. The molecule has 1 amide bonds. The Bertz CT molecular complexity index is 407. The molecule has 0 heterocycles. The van der Waals surface area contributed by atoms with Crippen molar-refractivity contribution in [3.05, 3.63) is 35.1 Å². The van der Waals surface area contributed by atoms with E-state index < -0.39 is 0 Å². The first-order chi connectivity index (χ1) is 8.54. The summed E-state index contributed by atoms with van der Waals surface area (Å²) in [4.78, 5) is 11.6. The van der Waals surface area contributed by atoms with Crippen LogP contribution < -0.4 is 10.6 Å². The van der Waals surface area contributed by atoms with Gasteiger partial charge in [-0.3, -0.25) is 4.79 Å². The first-order valence-electron chi connectivity index (χ1n) is 6.30. The largest absolute Gasteiger partial charge is 0.355 e. The molecule has 0 aromatic heterocycles. The molecule has 1 rings (SSSR count). The monoisotopic (exact) mass is 252 g/mol. The van der Waals surface area contributed by atoms with Gasteiger partial charge in [0.05, 0.1) is 6.04 Å². The number of nitrogens with one attached hydrogen (secondary N) is 2. The van der Waals surface area contributed by atoms with E-state index in [9.17, 15) is 9.18 Å². The van der Waals surface area contributed by atoms with Crippen molar-refractivity contribution in [2.24, 2.45) is 0 Å². The number of halogens is 1. The molecule has 0 aliphatic rings. The van der Waals surface area contributed by atoms with Crippen LogP contribution in [0.1, 0.15) is 31.4 Å². The van der Waals surface area contributed by atoms with Gasteiger partial charge >= 0.3 is 0 Å². The average molecular weight is 252 g/mol. The highest BCUT2D eigenvalue weighted by molar-refractivity contribution is 5.81. The highest BCUT2D eigenvalue weighted by Crippen LogP contribution is 2.09. The van der Waals surface area contributed by atoms with Crippen LogP contribution in [0.25, 0.3) is 0 Å². The molecule has 0 radical (unpaired) electrons.